The van der Waals surface area contributed by atoms with Gasteiger partial charge in [-0.05, 0) is 51.1 Å². The van der Waals surface area contributed by atoms with Gasteiger partial charge in [-0.15, -0.1) is 0 Å². The molecule has 3 N–H and O–H groups in total. The van der Waals surface area contributed by atoms with Gasteiger partial charge in [0.15, 0.2) is 11.6 Å². The highest BCUT2D eigenvalue weighted by molar-refractivity contribution is 5.98. The molecule has 0 saturated heterocycles. The van der Waals surface area contributed by atoms with Crippen molar-refractivity contribution < 1.29 is 23.1 Å². The molecular weight excluding hydrogens is 435 g/mol. The molecule has 0 aliphatic carbocycles. The van der Waals surface area contributed by atoms with Crippen molar-refractivity contribution in [2.45, 2.75) is 39.0 Å². The van der Waals surface area contributed by atoms with Crippen LogP contribution in [-0.2, 0) is 6.54 Å². The number of benzene rings is 2. The van der Waals surface area contributed by atoms with Crippen molar-refractivity contribution in [3.63, 3.8) is 0 Å². The van der Waals surface area contributed by atoms with Crippen molar-refractivity contribution in [3.8, 4) is 0 Å². The molecule has 33 heavy (non-hydrogen) atoms. The molecule has 2 amide bonds. The number of urea groups is 1. The largest absolute Gasteiger partial charge is 0.388 e. The first kappa shape index (κ1) is 24.0. The lowest BCUT2D eigenvalue weighted by atomic mass is 10.0. The van der Waals surface area contributed by atoms with Gasteiger partial charge in [0.25, 0.3) is 0 Å². The Morgan fingerprint density at radius 2 is 1.82 bits per heavy atom. The summed E-state index contributed by atoms with van der Waals surface area (Å²) < 4.78 is 40.9. The lowest BCUT2D eigenvalue weighted by Crippen LogP contribution is -2.40. The van der Waals surface area contributed by atoms with E-state index in [1.54, 1.807) is 20.8 Å². The molecular formula is C23H24F3N5O2. The second kappa shape index (κ2) is 9.86. The van der Waals surface area contributed by atoms with Gasteiger partial charge >= 0.3 is 6.03 Å². The number of amides is 2. The number of carbonyl (C=O) groups excluding carboxylic acids is 1. The van der Waals surface area contributed by atoms with Crippen LogP contribution in [0.4, 0.5) is 35.4 Å². The third-order valence-corrected chi connectivity index (χ3v) is 5.02. The predicted octanol–water partition coefficient (Wildman–Crippen LogP) is 4.51. The molecule has 7 nitrogen and oxygen atoms in total. The fourth-order valence-electron chi connectivity index (χ4n) is 2.79. The van der Waals surface area contributed by atoms with E-state index in [1.807, 2.05) is 0 Å². The molecule has 3 aromatic rings. The maximum absolute atomic E-state index is 14.0. The van der Waals surface area contributed by atoms with Crippen LogP contribution in [0.25, 0.3) is 0 Å². The highest BCUT2D eigenvalue weighted by Gasteiger charge is 2.24. The average molecular weight is 459 g/mol. The number of hydrogen-bond donors (Lipinski definition) is 3. The molecule has 0 saturated carbocycles. The van der Waals surface area contributed by atoms with Crippen LogP contribution in [0.3, 0.4) is 0 Å². The number of halogens is 3. The summed E-state index contributed by atoms with van der Waals surface area (Å²) in [7, 11) is 0. The summed E-state index contributed by atoms with van der Waals surface area (Å²) in [6, 6.07) is 9.13. The monoisotopic (exact) mass is 459 g/mol. The smallest absolute Gasteiger partial charge is 0.327 e. The summed E-state index contributed by atoms with van der Waals surface area (Å²) in [4.78, 5) is 22.7. The highest BCUT2D eigenvalue weighted by atomic mass is 19.2. The number of rotatable bonds is 7. The summed E-state index contributed by atoms with van der Waals surface area (Å²) in [6.07, 6.45) is 1.41. The van der Waals surface area contributed by atoms with E-state index in [0.717, 1.165) is 11.0 Å². The standard InChI is InChI=1S/C23H24F3N5O2/c1-14(23(2,3)33)29-21-27-12-11-19(30-21)31(17-9-7-16(24)8-10-17)22(32)28-13-15-5-4-6-18(25)20(15)26/h4-12,14,33H,13H2,1-3H3,(H,28,32)(H,27,29,30). The van der Waals surface area contributed by atoms with Crippen LogP contribution in [0.1, 0.15) is 26.3 Å². The van der Waals surface area contributed by atoms with Crippen LogP contribution in [0.2, 0.25) is 0 Å². The van der Waals surface area contributed by atoms with Gasteiger partial charge in [-0.2, -0.15) is 4.98 Å². The van der Waals surface area contributed by atoms with E-state index in [-0.39, 0.29) is 29.6 Å². The number of aromatic nitrogens is 2. The van der Waals surface area contributed by atoms with Crippen molar-refractivity contribution in [2.24, 2.45) is 0 Å². The lowest BCUT2D eigenvalue weighted by Gasteiger charge is -2.27. The average Bonchev–Trinajstić information content (AvgIpc) is 2.76. The Morgan fingerprint density at radius 3 is 2.48 bits per heavy atom. The van der Waals surface area contributed by atoms with Crippen molar-refractivity contribution in [1.82, 2.24) is 15.3 Å². The Morgan fingerprint density at radius 1 is 1.12 bits per heavy atom. The predicted molar refractivity (Wildman–Crippen MR) is 119 cm³/mol. The van der Waals surface area contributed by atoms with Gasteiger partial charge in [-0.3, -0.25) is 0 Å². The number of nitrogens with zero attached hydrogens (tertiary/aromatic N) is 3. The summed E-state index contributed by atoms with van der Waals surface area (Å²) in [6.45, 7) is 4.71. The van der Waals surface area contributed by atoms with Gasteiger partial charge in [-0.1, -0.05) is 12.1 Å². The third kappa shape index (κ3) is 5.98. The van der Waals surface area contributed by atoms with Gasteiger partial charge in [-0.25, -0.2) is 27.8 Å². The highest BCUT2D eigenvalue weighted by Crippen LogP contribution is 2.25. The maximum atomic E-state index is 14.0. The van der Waals surface area contributed by atoms with Gasteiger partial charge in [0.1, 0.15) is 11.6 Å². The first-order chi connectivity index (χ1) is 15.6. The van der Waals surface area contributed by atoms with E-state index in [2.05, 4.69) is 20.6 Å². The molecule has 0 radical (unpaired) electrons. The fraction of sp³-hybridized carbons (Fsp3) is 0.261. The van der Waals surface area contributed by atoms with Crippen LogP contribution in [-0.4, -0.2) is 32.7 Å². The lowest BCUT2D eigenvalue weighted by molar-refractivity contribution is 0.0646. The van der Waals surface area contributed by atoms with E-state index in [4.69, 9.17) is 0 Å². The molecule has 3 rings (SSSR count). The molecule has 0 spiro atoms. The van der Waals surface area contributed by atoms with Crippen LogP contribution >= 0.6 is 0 Å². The molecule has 0 aliphatic heterocycles. The van der Waals surface area contributed by atoms with E-state index < -0.39 is 35.1 Å². The van der Waals surface area contributed by atoms with Gasteiger partial charge in [0.05, 0.1) is 17.3 Å². The molecule has 0 bridgehead atoms. The van der Waals surface area contributed by atoms with E-state index in [9.17, 15) is 23.1 Å². The van der Waals surface area contributed by atoms with Crippen LogP contribution < -0.4 is 15.5 Å². The molecule has 1 unspecified atom stereocenters. The van der Waals surface area contributed by atoms with Crippen molar-refractivity contribution in [3.05, 3.63) is 77.7 Å². The molecule has 0 fully saturated rings. The normalized spacial score (nSPS) is 12.2. The van der Waals surface area contributed by atoms with E-state index in [1.165, 1.54) is 48.7 Å². The topological polar surface area (TPSA) is 90.4 Å². The minimum absolute atomic E-state index is 0.0357. The van der Waals surface area contributed by atoms with Crippen LogP contribution in [0.5, 0.6) is 0 Å². The zero-order valence-electron chi connectivity index (χ0n) is 18.3. The van der Waals surface area contributed by atoms with Crippen molar-refractivity contribution in [2.75, 3.05) is 10.2 Å². The second-order valence-electron chi connectivity index (χ2n) is 7.94. The van der Waals surface area contributed by atoms with E-state index >= 15 is 0 Å². The van der Waals surface area contributed by atoms with Crippen molar-refractivity contribution in [1.29, 1.82) is 0 Å². The Bertz CT molecular complexity index is 1120. The maximum Gasteiger partial charge on any atom is 0.327 e. The number of nitrogens with one attached hydrogen (secondary N) is 2. The van der Waals surface area contributed by atoms with Crippen LogP contribution in [0, 0.1) is 17.5 Å². The number of anilines is 3. The minimum atomic E-state index is -1.07. The SMILES string of the molecule is CC(Nc1nccc(N(C(=O)NCc2cccc(F)c2F)c2ccc(F)cc2)n1)C(C)(C)O. The summed E-state index contributed by atoms with van der Waals surface area (Å²) in [5.41, 5.74) is -0.817. The molecule has 10 heteroatoms. The molecule has 1 heterocycles. The first-order valence-corrected chi connectivity index (χ1v) is 10.1. The Labute approximate surface area is 189 Å². The number of carbonyl (C=O) groups is 1. The zero-order valence-corrected chi connectivity index (χ0v) is 18.3. The number of aliphatic hydroxyl groups is 1. The molecule has 174 valence electrons. The Kier molecular flexibility index (Phi) is 7.17. The molecule has 1 atom stereocenters. The summed E-state index contributed by atoms with van der Waals surface area (Å²) >= 11 is 0. The van der Waals surface area contributed by atoms with Crippen LogP contribution in [0.15, 0.2) is 54.7 Å². The Balaban J connectivity index is 1.90. The van der Waals surface area contributed by atoms with Crippen molar-refractivity contribution >= 4 is 23.5 Å². The third-order valence-electron chi connectivity index (χ3n) is 5.02. The zero-order chi connectivity index (χ0) is 24.2. The summed E-state index contributed by atoms with van der Waals surface area (Å²) in [5, 5.41) is 15.6. The quantitative estimate of drug-likeness (QED) is 0.484. The minimum Gasteiger partial charge on any atom is -0.388 e. The second-order valence-corrected chi connectivity index (χ2v) is 7.94. The summed E-state index contributed by atoms with van der Waals surface area (Å²) in [5.74, 6) is -2.28. The molecule has 0 aliphatic rings. The Hall–Kier alpha value is -3.66. The fourth-order valence-corrected chi connectivity index (χ4v) is 2.79. The van der Waals surface area contributed by atoms with Gasteiger partial charge in [0, 0.05) is 24.4 Å². The van der Waals surface area contributed by atoms with E-state index in [0.29, 0.717) is 0 Å². The molecule has 2 aromatic carbocycles. The van der Waals surface area contributed by atoms with Gasteiger partial charge < -0.3 is 15.7 Å². The van der Waals surface area contributed by atoms with Gasteiger partial charge in [0.2, 0.25) is 5.95 Å². The first-order valence-electron chi connectivity index (χ1n) is 10.1. The molecule has 1 aromatic heterocycles. The number of hydrogen-bond acceptors (Lipinski definition) is 5.